The first-order valence-electron chi connectivity index (χ1n) is 5.98. The summed E-state index contributed by atoms with van der Waals surface area (Å²) < 4.78 is 9.18. The highest BCUT2D eigenvalue weighted by Crippen LogP contribution is 2.12. The average Bonchev–Trinajstić information content (AvgIpc) is 2.72. The van der Waals surface area contributed by atoms with Gasteiger partial charge in [0.25, 0.3) is 5.56 Å². The van der Waals surface area contributed by atoms with Crippen molar-refractivity contribution >= 4 is 17.1 Å². The Morgan fingerprint density at radius 3 is 2.58 bits per heavy atom. The lowest BCUT2D eigenvalue weighted by molar-refractivity contribution is 0.140. The van der Waals surface area contributed by atoms with Gasteiger partial charge in [-0.3, -0.25) is 13.9 Å². The number of fused-ring (bicyclic) bond motifs is 1. The number of hydrogen-bond acceptors (Lipinski definition) is 5. The Hall–Kier alpha value is -2.09. The molecule has 2 heterocycles. The summed E-state index contributed by atoms with van der Waals surface area (Å²) in [4.78, 5) is 28.0. The summed E-state index contributed by atoms with van der Waals surface area (Å²) in [6.07, 6.45) is 0. The fourth-order valence-corrected chi connectivity index (χ4v) is 1.99. The molecule has 0 bridgehead atoms. The van der Waals surface area contributed by atoms with E-state index >= 15 is 0 Å². The number of aryl methyl sites for hydroxylation is 1. The Morgan fingerprint density at radius 2 is 1.95 bits per heavy atom. The third-order valence-electron chi connectivity index (χ3n) is 3.04. The Kier molecular flexibility index (Phi) is 3.43. The van der Waals surface area contributed by atoms with Crippen molar-refractivity contribution in [3.05, 3.63) is 20.8 Å². The molecule has 0 amide bonds. The van der Waals surface area contributed by atoms with Crippen LogP contribution < -0.4 is 17.0 Å². The van der Waals surface area contributed by atoms with Crippen LogP contribution in [0.3, 0.4) is 0 Å². The summed E-state index contributed by atoms with van der Waals surface area (Å²) in [5.74, 6) is 0.202. The zero-order valence-electron chi connectivity index (χ0n) is 11.2. The minimum Gasteiger partial charge on any atom is -0.380 e. The molecule has 2 N–H and O–H groups in total. The van der Waals surface area contributed by atoms with E-state index < -0.39 is 11.2 Å². The first-order valence-corrected chi connectivity index (χ1v) is 5.98. The molecule has 0 saturated heterocycles. The Morgan fingerprint density at radius 1 is 1.26 bits per heavy atom. The molecular weight excluding hydrogens is 250 g/mol. The van der Waals surface area contributed by atoms with E-state index in [0.717, 1.165) is 4.57 Å². The van der Waals surface area contributed by atoms with Crippen LogP contribution in [0.1, 0.15) is 6.92 Å². The van der Waals surface area contributed by atoms with E-state index in [0.29, 0.717) is 30.9 Å². The summed E-state index contributed by atoms with van der Waals surface area (Å²) in [6, 6.07) is 0. The number of ether oxygens (including phenoxy) is 1. The van der Waals surface area contributed by atoms with Gasteiger partial charge in [0.2, 0.25) is 5.95 Å². The molecule has 0 aromatic carbocycles. The number of nitrogens with two attached hydrogens (primary N) is 1. The van der Waals surface area contributed by atoms with Gasteiger partial charge in [-0.2, -0.15) is 4.98 Å². The molecule has 2 aromatic rings. The summed E-state index contributed by atoms with van der Waals surface area (Å²) in [6.45, 7) is 3.32. The second kappa shape index (κ2) is 4.88. The van der Waals surface area contributed by atoms with Crippen LogP contribution in [0.15, 0.2) is 9.59 Å². The van der Waals surface area contributed by atoms with E-state index in [1.54, 1.807) is 11.6 Å². The number of nitrogens with zero attached hydrogens (tertiary/aromatic N) is 4. The van der Waals surface area contributed by atoms with Gasteiger partial charge in [-0.25, -0.2) is 4.79 Å². The highest BCUT2D eigenvalue weighted by molar-refractivity contribution is 5.73. The van der Waals surface area contributed by atoms with E-state index in [-0.39, 0.29) is 5.95 Å². The van der Waals surface area contributed by atoms with Gasteiger partial charge in [0.15, 0.2) is 11.2 Å². The summed E-state index contributed by atoms with van der Waals surface area (Å²) in [5.41, 5.74) is 5.59. The van der Waals surface area contributed by atoms with Gasteiger partial charge < -0.3 is 15.0 Å². The van der Waals surface area contributed by atoms with Gasteiger partial charge in [0.1, 0.15) is 0 Å². The smallest absolute Gasteiger partial charge is 0.332 e. The Labute approximate surface area is 109 Å². The molecule has 0 saturated carbocycles. The quantitative estimate of drug-likeness (QED) is 0.720. The van der Waals surface area contributed by atoms with Crippen LogP contribution in [0.5, 0.6) is 0 Å². The maximum Gasteiger partial charge on any atom is 0.332 e. The van der Waals surface area contributed by atoms with Gasteiger partial charge in [-0.1, -0.05) is 0 Å². The third-order valence-corrected chi connectivity index (χ3v) is 3.04. The van der Waals surface area contributed by atoms with Crippen molar-refractivity contribution < 1.29 is 4.74 Å². The first kappa shape index (κ1) is 13.3. The molecule has 0 fully saturated rings. The second-order valence-corrected chi connectivity index (χ2v) is 4.20. The predicted octanol–water partition coefficient (Wildman–Crippen LogP) is -0.948. The zero-order valence-corrected chi connectivity index (χ0v) is 11.2. The predicted molar refractivity (Wildman–Crippen MR) is 71.1 cm³/mol. The van der Waals surface area contributed by atoms with Crippen LogP contribution in [0.4, 0.5) is 5.95 Å². The van der Waals surface area contributed by atoms with E-state index in [9.17, 15) is 9.59 Å². The lowest BCUT2D eigenvalue weighted by atomic mass is 10.5. The molecule has 2 aromatic heterocycles. The minimum absolute atomic E-state index is 0.202. The lowest BCUT2D eigenvalue weighted by Crippen LogP contribution is -2.37. The maximum atomic E-state index is 12.2. The third kappa shape index (κ3) is 2.03. The molecular formula is C11H17N5O3. The van der Waals surface area contributed by atoms with Gasteiger partial charge in [0, 0.05) is 27.2 Å². The topological polar surface area (TPSA) is 97.1 Å². The molecule has 0 radical (unpaired) electrons. The fourth-order valence-electron chi connectivity index (χ4n) is 1.99. The van der Waals surface area contributed by atoms with Crippen molar-refractivity contribution in [3.8, 4) is 0 Å². The number of aromatic nitrogens is 4. The van der Waals surface area contributed by atoms with Crippen molar-refractivity contribution in [2.24, 2.45) is 14.1 Å². The maximum absolute atomic E-state index is 12.2. The van der Waals surface area contributed by atoms with E-state index in [4.69, 9.17) is 10.5 Å². The Balaban J connectivity index is 2.69. The standard InChI is InChI=1S/C11H17N5O3/c1-4-19-6-5-16-7-8(13-10(16)12)14(2)11(18)15(3)9(7)17/h4-6H2,1-3H3,(H2,12,13). The van der Waals surface area contributed by atoms with Crippen molar-refractivity contribution in [1.29, 1.82) is 0 Å². The number of imidazole rings is 1. The molecule has 104 valence electrons. The van der Waals surface area contributed by atoms with Crippen LogP contribution in [0, 0.1) is 0 Å². The molecule has 0 aliphatic heterocycles. The summed E-state index contributed by atoms with van der Waals surface area (Å²) in [7, 11) is 2.99. The Bertz CT molecular complexity index is 724. The molecule has 2 rings (SSSR count). The van der Waals surface area contributed by atoms with Crippen molar-refractivity contribution in [3.63, 3.8) is 0 Å². The molecule has 8 heteroatoms. The molecule has 0 spiro atoms. The van der Waals surface area contributed by atoms with Gasteiger partial charge in [0.05, 0.1) is 6.61 Å². The molecule has 0 aliphatic carbocycles. The highest BCUT2D eigenvalue weighted by Gasteiger charge is 2.17. The SMILES string of the molecule is CCOCCn1c(N)nc2c1c(=O)n(C)c(=O)n2C. The highest BCUT2D eigenvalue weighted by atomic mass is 16.5. The van der Waals surface area contributed by atoms with Crippen molar-refractivity contribution in [2.45, 2.75) is 13.5 Å². The fraction of sp³-hybridized carbons (Fsp3) is 0.545. The largest absolute Gasteiger partial charge is 0.380 e. The van der Waals surface area contributed by atoms with E-state index in [1.165, 1.54) is 11.6 Å². The molecule has 8 nitrogen and oxygen atoms in total. The zero-order chi connectivity index (χ0) is 14.2. The van der Waals surface area contributed by atoms with Crippen LogP contribution in [0.25, 0.3) is 11.2 Å². The minimum atomic E-state index is -0.424. The lowest BCUT2D eigenvalue weighted by Gasteiger charge is -2.07. The van der Waals surface area contributed by atoms with Crippen LogP contribution in [-0.2, 0) is 25.4 Å². The summed E-state index contributed by atoms with van der Waals surface area (Å²) >= 11 is 0. The molecule has 19 heavy (non-hydrogen) atoms. The number of nitrogen functional groups attached to an aromatic ring is 1. The normalized spacial score (nSPS) is 11.3. The van der Waals surface area contributed by atoms with Crippen LogP contribution in [0.2, 0.25) is 0 Å². The summed E-state index contributed by atoms with van der Waals surface area (Å²) in [5, 5.41) is 0. The van der Waals surface area contributed by atoms with Gasteiger partial charge >= 0.3 is 5.69 Å². The van der Waals surface area contributed by atoms with E-state index in [1.807, 2.05) is 6.92 Å². The molecule has 0 unspecified atom stereocenters. The van der Waals surface area contributed by atoms with Crippen molar-refractivity contribution in [1.82, 2.24) is 18.7 Å². The van der Waals surface area contributed by atoms with Gasteiger partial charge in [-0.05, 0) is 6.92 Å². The monoisotopic (exact) mass is 267 g/mol. The number of rotatable bonds is 4. The van der Waals surface area contributed by atoms with Gasteiger partial charge in [-0.15, -0.1) is 0 Å². The first-order chi connectivity index (χ1) is 8.99. The second-order valence-electron chi connectivity index (χ2n) is 4.20. The van der Waals surface area contributed by atoms with E-state index in [2.05, 4.69) is 4.98 Å². The molecule has 0 aliphatic rings. The molecule has 0 atom stereocenters. The average molecular weight is 267 g/mol. The van der Waals surface area contributed by atoms with Crippen LogP contribution >= 0.6 is 0 Å². The number of hydrogen-bond donors (Lipinski definition) is 1. The van der Waals surface area contributed by atoms with Crippen molar-refractivity contribution in [2.75, 3.05) is 18.9 Å². The van der Waals surface area contributed by atoms with Crippen LogP contribution in [-0.4, -0.2) is 31.9 Å². The number of anilines is 1.